The van der Waals surface area contributed by atoms with Crippen molar-refractivity contribution >= 4 is 35.1 Å². The van der Waals surface area contributed by atoms with E-state index in [4.69, 9.17) is 4.98 Å². The molecule has 3 aromatic rings. The Morgan fingerprint density at radius 3 is 2.00 bits per heavy atom. The van der Waals surface area contributed by atoms with E-state index in [2.05, 4.69) is 30.4 Å². The predicted molar refractivity (Wildman–Crippen MR) is 139 cm³/mol. The molecular weight excluding hydrogens is 477 g/mol. The van der Waals surface area contributed by atoms with Crippen LogP contribution >= 0.6 is 0 Å². The summed E-state index contributed by atoms with van der Waals surface area (Å²) in [5.74, 6) is -0.324. The Labute approximate surface area is 214 Å². The first-order chi connectivity index (χ1) is 18.0. The molecule has 0 unspecified atom stereocenters. The number of amides is 1. The van der Waals surface area contributed by atoms with E-state index in [1.54, 1.807) is 6.07 Å². The van der Waals surface area contributed by atoms with Gasteiger partial charge >= 0.3 is 0 Å². The quantitative estimate of drug-likeness (QED) is 0.359. The largest absolute Gasteiger partial charge is 0.507 e. The molecule has 11 heteroatoms. The van der Waals surface area contributed by atoms with Crippen LogP contribution in [-0.2, 0) is 0 Å². The zero-order valence-electron chi connectivity index (χ0n) is 20.5. The number of hydrogen-bond acceptors (Lipinski definition) is 9. The van der Waals surface area contributed by atoms with Gasteiger partial charge in [-0.25, -0.2) is 4.39 Å². The summed E-state index contributed by atoms with van der Waals surface area (Å²) in [4.78, 5) is 30.9. The van der Waals surface area contributed by atoms with Gasteiger partial charge in [-0.05, 0) is 68.9 Å². The third kappa shape index (κ3) is 5.82. The van der Waals surface area contributed by atoms with E-state index in [1.165, 1.54) is 25.0 Å². The van der Waals surface area contributed by atoms with Crippen molar-refractivity contribution in [2.24, 2.45) is 0 Å². The molecule has 0 saturated carbocycles. The minimum absolute atomic E-state index is 0.109. The smallest absolute Gasteiger partial charge is 0.259 e. The molecule has 194 valence electrons. The first-order valence-electron chi connectivity index (χ1n) is 12.6. The Kier molecular flexibility index (Phi) is 7.20. The number of aromatic hydroxyl groups is 2. The first-order valence-corrected chi connectivity index (χ1v) is 12.6. The highest BCUT2D eigenvalue weighted by atomic mass is 19.1. The van der Waals surface area contributed by atoms with Crippen LogP contribution in [0.2, 0.25) is 0 Å². The van der Waals surface area contributed by atoms with Gasteiger partial charge in [0.2, 0.25) is 17.8 Å². The molecule has 4 N–H and O–H groups in total. The Morgan fingerprint density at radius 1 is 0.784 bits per heavy atom. The standard InChI is InChI=1S/C26H30FN7O3/c27-17-7-10-21(35)19(15-17)23(37)29-20-9-8-18(16-22(20)36)28-24-30-25(33-11-3-1-4-12-33)32-26(31-24)34-13-5-2-6-14-34/h7-10,15-16,35-36H,1-6,11-14H2,(H,29,37)(H,28,30,31,32). The number of halogens is 1. The number of nitrogens with zero attached hydrogens (tertiary/aromatic N) is 5. The summed E-state index contributed by atoms with van der Waals surface area (Å²) < 4.78 is 13.5. The summed E-state index contributed by atoms with van der Waals surface area (Å²) >= 11 is 0. The van der Waals surface area contributed by atoms with Crippen LogP contribution in [0.1, 0.15) is 48.9 Å². The van der Waals surface area contributed by atoms with Gasteiger partial charge in [0, 0.05) is 37.9 Å². The highest BCUT2D eigenvalue weighted by molar-refractivity contribution is 6.06. The molecule has 1 aromatic heterocycles. The van der Waals surface area contributed by atoms with E-state index >= 15 is 0 Å². The summed E-state index contributed by atoms with van der Waals surface area (Å²) in [7, 11) is 0. The summed E-state index contributed by atoms with van der Waals surface area (Å²) in [6.07, 6.45) is 6.80. The number of carbonyl (C=O) groups excluding carboxylic acids is 1. The summed E-state index contributed by atoms with van der Waals surface area (Å²) in [6.45, 7) is 3.61. The molecule has 37 heavy (non-hydrogen) atoms. The highest BCUT2D eigenvalue weighted by Gasteiger charge is 2.21. The van der Waals surface area contributed by atoms with E-state index in [9.17, 15) is 19.4 Å². The third-order valence-electron chi connectivity index (χ3n) is 6.59. The number of piperidine rings is 2. The maximum Gasteiger partial charge on any atom is 0.259 e. The van der Waals surface area contributed by atoms with E-state index in [-0.39, 0.29) is 22.7 Å². The average molecular weight is 508 g/mol. The number of carbonyl (C=O) groups is 1. The molecule has 5 rings (SSSR count). The topological polar surface area (TPSA) is 127 Å². The van der Waals surface area contributed by atoms with Gasteiger partial charge in [-0.15, -0.1) is 0 Å². The van der Waals surface area contributed by atoms with Gasteiger partial charge in [0.15, 0.2) is 0 Å². The fourth-order valence-corrected chi connectivity index (χ4v) is 4.60. The van der Waals surface area contributed by atoms with Crippen molar-refractivity contribution in [1.82, 2.24) is 15.0 Å². The van der Waals surface area contributed by atoms with Crippen LogP contribution < -0.4 is 20.4 Å². The maximum atomic E-state index is 13.5. The van der Waals surface area contributed by atoms with E-state index in [0.717, 1.165) is 70.1 Å². The Hall–Kier alpha value is -4.15. The van der Waals surface area contributed by atoms with Gasteiger partial charge in [-0.1, -0.05) is 0 Å². The summed E-state index contributed by atoms with van der Waals surface area (Å²) in [5, 5.41) is 26.1. The number of aromatic nitrogens is 3. The van der Waals surface area contributed by atoms with E-state index in [1.807, 2.05) is 0 Å². The van der Waals surface area contributed by atoms with Crippen LogP contribution in [-0.4, -0.2) is 57.3 Å². The zero-order chi connectivity index (χ0) is 25.8. The van der Waals surface area contributed by atoms with Crippen molar-refractivity contribution in [3.05, 3.63) is 47.8 Å². The second-order valence-electron chi connectivity index (χ2n) is 9.33. The molecule has 0 bridgehead atoms. The SMILES string of the molecule is O=C(Nc1ccc(Nc2nc(N3CCCCC3)nc(N3CCCCC3)n2)cc1O)c1cc(F)ccc1O. The number of anilines is 5. The lowest BCUT2D eigenvalue weighted by molar-refractivity contribution is 0.102. The van der Waals surface area contributed by atoms with Gasteiger partial charge in [-0.2, -0.15) is 15.0 Å². The van der Waals surface area contributed by atoms with Crippen LogP contribution in [0.4, 0.5) is 33.6 Å². The van der Waals surface area contributed by atoms with Gasteiger partial charge in [0.25, 0.3) is 5.91 Å². The maximum absolute atomic E-state index is 13.5. The van der Waals surface area contributed by atoms with Crippen molar-refractivity contribution in [3.63, 3.8) is 0 Å². The second-order valence-corrected chi connectivity index (χ2v) is 9.33. The molecule has 1 amide bonds. The van der Waals surface area contributed by atoms with Crippen molar-refractivity contribution < 1.29 is 19.4 Å². The van der Waals surface area contributed by atoms with Gasteiger partial charge < -0.3 is 30.6 Å². The lowest BCUT2D eigenvalue weighted by atomic mass is 10.1. The molecular formula is C26H30FN7O3. The van der Waals surface area contributed by atoms with Crippen molar-refractivity contribution in [2.75, 3.05) is 46.6 Å². The highest BCUT2D eigenvalue weighted by Crippen LogP contribution is 2.30. The number of nitrogens with one attached hydrogen (secondary N) is 2. The Bertz CT molecular complexity index is 1240. The fourth-order valence-electron chi connectivity index (χ4n) is 4.60. The van der Waals surface area contributed by atoms with E-state index < -0.39 is 11.7 Å². The molecule has 2 aliphatic heterocycles. The zero-order valence-corrected chi connectivity index (χ0v) is 20.5. The lowest BCUT2D eigenvalue weighted by Crippen LogP contribution is -2.34. The number of phenols is 2. The molecule has 2 fully saturated rings. The second kappa shape index (κ2) is 10.9. The normalized spacial score (nSPS) is 15.9. The number of benzene rings is 2. The van der Waals surface area contributed by atoms with Crippen LogP contribution in [0, 0.1) is 5.82 Å². The van der Waals surface area contributed by atoms with Crippen molar-refractivity contribution in [2.45, 2.75) is 38.5 Å². The molecule has 0 spiro atoms. The summed E-state index contributed by atoms with van der Waals surface area (Å²) in [6, 6.07) is 7.68. The average Bonchev–Trinajstić information content (AvgIpc) is 2.92. The Balaban J connectivity index is 1.36. The first kappa shape index (κ1) is 24.5. The molecule has 0 aliphatic carbocycles. The minimum Gasteiger partial charge on any atom is -0.507 e. The molecule has 2 aliphatic rings. The third-order valence-corrected chi connectivity index (χ3v) is 6.59. The number of hydrogen-bond donors (Lipinski definition) is 4. The molecule has 2 saturated heterocycles. The summed E-state index contributed by atoms with van der Waals surface area (Å²) in [5.41, 5.74) is 0.393. The van der Waals surface area contributed by atoms with Crippen molar-refractivity contribution in [3.8, 4) is 11.5 Å². The van der Waals surface area contributed by atoms with Crippen LogP contribution in [0.25, 0.3) is 0 Å². The van der Waals surface area contributed by atoms with Gasteiger partial charge in [0.05, 0.1) is 11.3 Å². The number of rotatable bonds is 6. The number of phenolic OH excluding ortho intramolecular Hbond substituents is 2. The van der Waals surface area contributed by atoms with Crippen LogP contribution in [0.5, 0.6) is 11.5 Å². The predicted octanol–water partition coefficient (Wildman–Crippen LogP) is 4.40. The fraction of sp³-hybridized carbons (Fsp3) is 0.385. The molecule has 3 heterocycles. The van der Waals surface area contributed by atoms with Gasteiger partial charge in [0.1, 0.15) is 17.3 Å². The molecule has 0 atom stereocenters. The van der Waals surface area contributed by atoms with Crippen molar-refractivity contribution in [1.29, 1.82) is 0 Å². The minimum atomic E-state index is -0.747. The van der Waals surface area contributed by atoms with Crippen LogP contribution in [0.15, 0.2) is 36.4 Å². The molecule has 0 radical (unpaired) electrons. The Morgan fingerprint density at radius 2 is 1.41 bits per heavy atom. The van der Waals surface area contributed by atoms with Crippen LogP contribution in [0.3, 0.4) is 0 Å². The molecule has 2 aromatic carbocycles. The van der Waals surface area contributed by atoms with Gasteiger partial charge in [-0.3, -0.25) is 4.79 Å². The lowest BCUT2D eigenvalue weighted by Gasteiger charge is -2.30. The molecule has 10 nitrogen and oxygen atoms in total. The van der Waals surface area contributed by atoms with E-state index in [0.29, 0.717) is 23.5 Å². The monoisotopic (exact) mass is 507 g/mol.